The molecule has 1 unspecified atom stereocenters. The molecule has 0 spiro atoms. The van der Waals surface area contributed by atoms with Gasteiger partial charge in [-0.3, -0.25) is 0 Å². The molecule has 0 aliphatic rings. The average Bonchev–Trinajstić information content (AvgIpc) is 2.94. The summed E-state index contributed by atoms with van der Waals surface area (Å²) in [5.74, 6) is 0. The minimum Gasteiger partial charge on any atom is -0.348 e. The highest BCUT2D eigenvalue weighted by atomic mass is 15.1. The van der Waals surface area contributed by atoms with Gasteiger partial charge in [0.1, 0.15) is 0 Å². The van der Waals surface area contributed by atoms with Gasteiger partial charge in [-0.25, -0.2) is 9.97 Å². The van der Waals surface area contributed by atoms with Gasteiger partial charge in [-0.15, -0.1) is 0 Å². The van der Waals surface area contributed by atoms with Crippen LogP contribution in [0.1, 0.15) is 32.2 Å². The first-order valence-electron chi connectivity index (χ1n) is 6.65. The molecule has 2 aromatic rings. The van der Waals surface area contributed by atoms with Gasteiger partial charge in [-0.1, -0.05) is 20.8 Å². The van der Waals surface area contributed by atoms with Crippen LogP contribution in [-0.4, -0.2) is 25.6 Å². The Morgan fingerprint density at radius 1 is 1.42 bits per heavy atom. The van der Waals surface area contributed by atoms with E-state index in [1.807, 2.05) is 25.6 Å². The molecule has 0 aliphatic carbocycles. The summed E-state index contributed by atoms with van der Waals surface area (Å²) in [7, 11) is 0. The van der Waals surface area contributed by atoms with Crippen LogP contribution in [0.15, 0.2) is 25.0 Å². The Kier molecular flexibility index (Phi) is 4.04. The maximum Gasteiger partial charge on any atom is 0.0946 e. The van der Waals surface area contributed by atoms with Gasteiger partial charge >= 0.3 is 0 Å². The average molecular weight is 261 g/mol. The second-order valence-electron chi connectivity index (χ2n) is 6.03. The normalized spacial score (nSPS) is 13.7. The fourth-order valence-corrected chi connectivity index (χ4v) is 2.04. The molecule has 2 N–H and O–H groups in total. The number of H-pyrrole nitrogens is 1. The third-order valence-electron chi connectivity index (χ3n) is 3.45. The molecule has 0 radical (unpaired) electrons. The second-order valence-corrected chi connectivity index (χ2v) is 6.03. The van der Waals surface area contributed by atoms with E-state index in [4.69, 9.17) is 0 Å². The molecule has 2 heterocycles. The molecule has 0 aromatic carbocycles. The lowest BCUT2D eigenvalue weighted by Crippen LogP contribution is -2.43. The smallest absolute Gasteiger partial charge is 0.0946 e. The number of nitrogens with one attached hydrogen (secondary N) is 2. The van der Waals surface area contributed by atoms with Crippen molar-refractivity contribution in [3.63, 3.8) is 0 Å². The van der Waals surface area contributed by atoms with Crippen molar-refractivity contribution in [1.82, 2.24) is 24.8 Å². The fraction of sp³-hybridized carbons (Fsp3) is 0.571. The fourth-order valence-electron chi connectivity index (χ4n) is 2.04. The van der Waals surface area contributed by atoms with Gasteiger partial charge in [-0.05, 0) is 12.3 Å². The maximum absolute atomic E-state index is 4.33. The summed E-state index contributed by atoms with van der Waals surface area (Å²) in [6.07, 6.45) is 7.42. The van der Waals surface area contributed by atoms with Gasteiger partial charge in [0.2, 0.25) is 0 Å². The van der Waals surface area contributed by atoms with Crippen LogP contribution in [0, 0.1) is 12.3 Å². The Bertz CT molecular complexity index is 492. The summed E-state index contributed by atoms with van der Waals surface area (Å²) in [6, 6.07) is 0.359. The highest BCUT2D eigenvalue weighted by molar-refractivity contribution is 5.08. The first-order valence-corrected chi connectivity index (χ1v) is 6.65. The summed E-state index contributed by atoms with van der Waals surface area (Å²) in [5, 5.41) is 3.61. The molecule has 0 amide bonds. The van der Waals surface area contributed by atoms with Crippen molar-refractivity contribution >= 4 is 0 Å². The van der Waals surface area contributed by atoms with E-state index in [1.165, 1.54) is 0 Å². The molecule has 5 nitrogen and oxygen atoms in total. The van der Waals surface area contributed by atoms with Crippen molar-refractivity contribution in [2.75, 3.05) is 0 Å². The lowest BCUT2D eigenvalue weighted by molar-refractivity contribution is 0.239. The monoisotopic (exact) mass is 261 g/mol. The Morgan fingerprint density at radius 2 is 2.21 bits per heavy atom. The third kappa shape index (κ3) is 3.67. The van der Waals surface area contributed by atoms with E-state index in [2.05, 4.69) is 45.6 Å². The van der Waals surface area contributed by atoms with Gasteiger partial charge < -0.3 is 14.9 Å². The number of aromatic amines is 1. The largest absolute Gasteiger partial charge is 0.348 e. The zero-order valence-corrected chi connectivity index (χ0v) is 12.1. The Hall–Kier alpha value is -1.62. The van der Waals surface area contributed by atoms with Crippen molar-refractivity contribution in [3.05, 3.63) is 36.4 Å². The van der Waals surface area contributed by atoms with E-state index in [0.717, 1.165) is 24.5 Å². The van der Waals surface area contributed by atoms with E-state index in [9.17, 15) is 0 Å². The quantitative estimate of drug-likeness (QED) is 0.866. The highest BCUT2D eigenvalue weighted by Crippen LogP contribution is 2.21. The third-order valence-corrected chi connectivity index (χ3v) is 3.45. The van der Waals surface area contributed by atoms with Crippen molar-refractivity contribution in [2.45, 2.75) is 46.8 Å². The van der Waals surface area contributed by atoms with E-state index in [1.54, 1.807) is 6.33 Å². The Balaban J connectivity index is 2.00. The van der Waals surface area contributed by atoms with Crippen molar-refractivity contribution in [2.24, 2.45) is 5.41 Å². The standard InChI is InChI=1S/C14H23N5/c1-11-12(18-9-17-11)7-16-13(14(2,3)4)8-19-6-5-15-10-19/h5-6,9-10,13,16H,7-8H2,1-4H3,(H,17,18). The van der Waals surface area contributed by atoms with Gasteiger partial charge in [-0.2, -0.15) is 0 Å². The minimum atomic E-state index is 0.175. The predicted molar refractivity (Wildman–Crippen MR) is 75.6 cm³/mol. The number of imidazole rings is 2. The summed E-state index contributed by atoms with van der Waals surface area (Å²) in [6.45, 7) is 10.5. The second kappa shape index (κ2) is 5.57. The van der Waals surface area contributed by atoms with Crippen LogP contribution in [0.4, 0.5) is 0 Å². The molecule has 0 saturated carbocycles. The van der Waals surface area contributed by atoms with Crippen LogP contribution in [0.2, 0.25) is 0 Å². The number of rotatable bonds is 5. The highest BCUT2D eigenvalue weighted by Gasteiger charge is 2.24. The number of nitrogens with zero attached hydrogens (tertiary/aromatic N) is 3. The zero-order chi connectivity index (χ0) is 13.9. The number of aryl methyl sites for hydroxylation is 1. The summed E-state index contributed by atoms with van der Waals surface area (Å²) in [4.78, 5) is 11.5. The maximum atomic E-state index is 4.33. The zero-order valence-electron chi connectivity index (χ0n) is 12.1. The first kappa shape index (κ1) is 13.8. The van der Waals surface area contributed by atoms with E-state index >= 15 is 0 Å². The molecular formula is C14H23N5. The van der Waals surface area contributed by atoms with Crippen molar-refractivity contribution < 1.29 is 0 Å². The SMILES string of the molecule is Cc1[nH]cnc1CNC(Cn1ccnc1)C(C)(C)C. The molecule has 0 fully saturated rings. The van der Waals surface area contributed by atoms with E-state index < -0.39 is 0 Å². The van der Waals surface area contributed by atoms with E-state index in [0.29, 0.717) is 6.04 Å². The van der Waals surface area contributed by atoms with Crippen LogP contribution in [0.25, 0.3) is 0 Å². The van der Waals surface area contributed by atoms with Crippen LogP contribution in [0.3, 0.4) is 0 Å². The van der Waals surface area contributed by atoms with Crippen LogP contribution in [-0.2, 0) is 13.1 Å². The predicted octanol–water partition coefficient (Wildman–Crippen LogP) is 2.12. The minimum absolute atomic E-state index is 0.175. The molecule has 19 heavy (non-hydrogen) atoms. The number of hydrogen-bond donors (Lipinski definition) is 2. The van der Waals surface area contributed by atoms with Gasteiger partial charge in [0.05, 0.1) is 18.3 Å². The lowest BCUT2D eigenvalue weighted by Gasteiger charge is -2.32. The lowest BCUT2D eigenvalue weighted by atomic mass is 9.86. The van der Waals surface area contributed by atoms with Crippen LogP contribution >= 0.6 is 0 Å². The summed E-state index contributed by atoms with van der Waals surface area (Å²) < 4.78 is 2.11. The topological polar surface area (TPSA) is 58.5 Å². The Morgan fingerprint density at radius 3 is 2.74 bits per heavy atom. The number of aromatic nitrogens is 4. The molecule has 1 atom stereocenters. The molecule has 104 valence electrons. The molecule has 5 heteroatoms. The number of hydrogen-bond acceptors (Lipinski definition) is 3. The molecule has 2 aromatic heterocycles. The van der Waals surface area contributed by atoms with Crippen molar-refractivity contribution in [3.8, 4) is 0 Å². The Labute approximate surface area is 114 Å². The molecule has 2 rings (SSSR count). The van der Waals surface area contributed by atoms with Crippen LogP contribution in [0.5, 0.6) is 0 Å². The van der Waals surface area contributed by atoms with Crippen LogP contribution < -0.4 is 5.32 Å². The molecular weight excluding hydrogens is 238 g/mol. The molecule has 0 saturated heterocycles. The van der Waals surface area contributed by atoms with Gasteiger partial charge in [0, 0.05) is 37.2 Å². The van der Waals surface area contributed by atoms with Gasteiger partial charge in [0.25, 0.3) is 0 Å². The van der Waals surface area contributed by atoms with Gasteiger partial charge in [0.15, 0.2) is 0 Å². The molecule has 0 aliphatic heterocycles. The van der Waals surface area contributed by atoms with Crippen molar-refractivity contribution in [1.29, 1.82) is 0 Å². The van der Waals surface area contributed by atoms with E-state index in [-0.39, 0.29) is 5.41 Å². The molecule has 0 bridgehead atoms. The first-order chi connectivity index (χ1) is 8.97. The summed E-state index contributed by atoms with van der Waals surface area (Å²) >= 11 is 0. The summed E-state index contributed by atoms with van der Waals surface area (Å²) in [5.41, 5.74) is 2.39.